The normalized spacial score (nSPS) is 10.9. The molecule has 2 aromatic heterocycles. The third-order valence-corrected chi connectivity index (χ3v) is 4.12. The molecule has 0 aliphatic carbocycles. The van der Waals surface area contributed by atoms with Crippen molar-refractivity contribution in [3.8, 4) is 0 Å². The first-order valence-electron chi connectivity index (χ1n) is 7.20. The maximum absolute atomic E-state index is 5.72. The number of hydrogen-bond donors (Lipinski definition) is 1. The lowest BCUT2D eigenvalue weighted by molar-refractivity contribution is 0.473. The molecule has 0 aliphatic heterocycles. The molecule has 2 heterocycles. The molecule has 0 spiro atoms. The zero-order valence-electron chi connectivity index (χ0n) is 13.0. The van der Waals surface area contributed by atoms with Gasteiger partial charge in [0.1, 0.15) is 5.82 Å². The van der Waals surface area contributed by atoms with Gasteiger partial charge < -0.3 is 10.2 Å². The Hall–Kier alpha value is -2.41. The largest absolute Gasteiger partial charge is 0.424 e. The van der Waals surface area contributed by atoms with Gasteiger partial charge in [-0.2, -0.15) is 0 Å². The van der Waals surface area contributed by atoms with E-state index in [9.17, 15) is 0 Å². The Morgan fingerprint density at radius 2 is 1.87 bits per heavy atom. The summed E-state index contributed by atoms with van der Waals surface area (Å²) >= 11 is 1.43. The lowest BCUT2D eigenvalue weighted by Gasteiger charge is -2.01. The fourth-order valence-electron chi connectivity index (χ4n) is 2.15. The van der Waals surface area contributed by atoms with Gasteiger partial charge in [0.2, 0.25) is 11.8 Å². The average Bonchev–Trinajstić information content (AvgIpc) is 2.94. The van der Waals surface area contributed by atoms with Crippen LogP contribution >= 0.6 is 11.8 Å². The summed E-state index contributed by atoms with van der Waals surface area (Å²) in [5.41, 5.74) is 8.95. The van der Waals surface area contributed by atoms with Crippen LogP contribution < -0.4 is 5.73 Å². The number of hydrogen-bond acceptors (Lipinski definition) is 7. The lowest BCUT2D eigenvalue weighted by Crippen LogP contribution is -1.96. The van der Waals surface area contributed by atoms with E-state index in [0.717, 1.165) is 5.69 Å². The van der Waals surface area contributed by atoms with Gasteiger partial charge >= 0.3 is 0 Å². The molecule has 0 saturated heterocycles. The summed E-state index contributed by atoms with van der Waals surface area (Å²) in [7, 11) is 0. The Morgan fingerprint density at radius 3 is 2.65 bits per heavy atom. The van der Waals surface area contributed by atoms with Crippen molar-refractivity contribution in [3.05, 3.63) is 58.9 Å². The van der Waals surface area contributed by atoms with Crippen molar-refractivity contribution >= 4 is 17.6 Å². The van der Waals surface area contributed by atoms with E-state index in [-0.39, 0.29) is 0 Å². The van der Waals surface area contributed by atoms with Crippen molar-refractivity contribution in [2.24, 2.45) is 0 Å². The molecule has 0 atom stereocenters. The molecule has 0 fully saturated rings. The predicted octanol–water partition coefficient (Wildman–Crippen LogP) is 2.94. The van der Waals surface area contributed by atoms with Crippen LogP contribution in [0.5, 0.6) is 0 Å². The fourth-order valence-corrected chi connectivity index (χ4v) is 2.89. The minimum absolute atomic E-state index is 0.464. The van der Waals surface area contributed by atoms with E-state index in [4.69, 9.17) is 10.2 Å². The third kappa shape index (κ3) is 4.07. The molecule has 23 heavy (non-hydrogen) atoms. The molecular weight excluding hydrogens is 310 g/mol. The van der Waals surface area contributed by atoms with Gasteiger partial charge in [0.05, 0.1) is 12.2 Å². The highest BCUT2D eigenvalue weighted by atomic mass is 32.2. The topological polar surface area (TPSA) is 90.7 Å². The van der Waals surface area contributed by atoms with Crippen molar-refractivity contribution in [1.29, 1.82) is 0 Å². The van der Waals surface area contributed by atoms with Gasteiger partial charge in [0.25, 0.3) is 0 Å². The Kier molecular flexibility index (Phi) is 4.57. The van der Waals surface area contributed by atoms with Crippen LogP contribution in [0.1, 0.15) is 28.6 Å². The van der Waals surface area contributed by atoms with Crippen LogP contribution in [-0.4, -0.2) is 20.2 Å². The molecule has 2 N–H and O–H groups in total. The number of nitrogens with two attached hydrogens (primary N) is 1. The minimum Gasteiger partial charge on any atom is -0.424 e. The van der Waals surface area contributed by atoms with E-state index in [1.165, 1.54) is 22.9 Å². The summed E-state index contributed by atoms with van der Waals surface area (Å²) in [5, 5.41) is 8.79. The van der Waals surface area contributed by atoms with E-state index >= 15 is 0 Å². The van der Waals surface area contributed by atoms with Gasteiger partial charge in [-0.1, -0.05) is 36.0 Å². The first-order chi connectivity index (χ1) is 11.1. The number of rotatable bonds is 5. The molecule has 0 unspecified atom stereocenters. The summed E-state index contributed by atoms with van der Waals surface area (Å²) < 4.78 is 5.69. The van der Waals surface area contributed by atoms with Crippen molar-refractivity contribution in [2.75, 3.05) is 5.73 Å². The fraction of sp³-hybridized carbons (Fsp3) is 0.250. The standard InChI is InChI=1S/C16H17N5OS/c1-10-5-3-4-6-12(10)8-14-20-21-15(22-14)9-23-16-18-11(2)7-13(17)19-16/h3-7H,8-9H2,1-2H3,(H2,17,18,19). The predicted molar refractivity (Wildman–Crippen MR) is 89.0 cm³/mol. The quantitative estimate of drug-likeness (QED) is 0.569. The summed E-state index contributed by atoms with van der Waals surface area (Å²) in [6.07, 6.45) is 0.637. The van der Waals surface area contributed by atoms with E-state index in [1.54, 1.807) is 6.07 Å². The van der Waals surface area contributed by atoms with Gasteiger partial charge in [0.15, 0.2) is 5.16 Å². The summed E-state index contributed by atoms with van der Waals surface area (Å²) in [6.45, 7) is 3.96. The molecule has 0 bridgehead atoms. The molecule has 3 aromatic rings. The van der Waals surface area contributed by atoms with Gasteiger partial charge in [-0.15, -0.1) is 10.2 Å². The molecule has 3 rings (SSSR count). The molecule has 1 aromatic carbocycles. The van der Waals surface area contributed by atoms with E-state index < -0.39 is 0 Å². The Labute approximate surface area is 138 Å². The van der Waals surface area contributed by atoms with Gasteiger partial charge in [-0.25, -0.2) is 9.97 Å². The van der Waals surface area contributed by atoms with Crippen molar-refractivity contribution in [3.63, 3.8) is 0 Å². The zero-order valence-corrected chi connectivity index (χ0v) is 13.8. The number of benzene rings is 1. The van der Waals surface area contributed by atoms with Crippen molar-refractivity contribution in [1.82, 2.24) is 20.2 Å². The van der Waals surface area contributed by atoms with Crippen LogP contribution in [0.4, 0.5) is 5.82 Å². The molecule has 6 nitrogen and oxygen atoms in total. The second kappa shape index (κ2) is 6.78. The highest BCUT2D eigenvalue weighted by Crippen LogP contribution is 2.20. The highest BCUT2D eigenvalue weighted by Gasteiger charge is 2.10. The number of thioether (sulfide) groups is 1. The second-order valence-electron chi connectivity index (χ2n) is 5.20. The first-order valence-corrected chi connectivity index (χ1v) is 8.18. The second-order valence-corrected chi connectivity index (χ2v) is 6.14. The lowest BCUT2D eigenvalue weighted by atomic mass is 10.1. The van der Waals surface area contributed by atoms with Crippen LogP contribution in [0.3, 0.4) is 0 Å². The summed E-state index contributed by atoms with van der Waals surface area (Å²) in [6, 6.07) is 9.90. The number of aryl methyl sites for hydroxylation is 2. The van der Waals surface area contributed by atoms with Gasteiger partial charge in [-0.3, -0.25) is 0 Å². The molecule has 0 aliphatic rings. The molecule has 0 radical (unpaired) electrons. The highest BCUT2D eigenvalue weighted by molar-refractivity contribution is 7.98. The van der Waals surface area contributed by atoms with Gasteiger partial charge in [0, 0.05) is 11.8 Å². The van der Waals surface area contributed by atoms with Crippen LogP contribution in [0, 0.1) is 13.8 Å². The van der Waals surface area contributed by atoms with E-state index in [2.05, 4.69) is 39.2 Å². The Balaban J connectivity index is 1.64. The maximum atomic E-state index is 5.72. The monoisotopic (exact) mass is 327 g/mol. The number of nitrogen functional groups attached to an aromatic ring is 1. The third-order valence-electron chi connectivity index (χ3n) is 3.29. The van der Waals surface area contributed by atoms with Crippen LogP contribution in [-0.2, 0) is 12.2 Å². The molecular formula is C16H17N5OS. The van der Waals surface area contributed by atoms with Crippen LogP contribution in [0.15, 0.2) is 39.9 Å². The number of nitrogens with zero attached hydrogens (tertiary/aromatic N) is 4. The van der Waals surface area contributed by atoms with Crippen molar-refractivity contribution in [2.45, 2.75) is 31.2 Å². The maximum Gasteiger partial charge on any atom is 0.226 e. The smallest absolute Gasteiger partial charge is 0.226 e. The molecule has 0 amide bonds. The van der Waals surface area contributed by atoms with Crippen LogP contribution in [0.2, 0.25) is 0 Å². The van der Waals surface area contributed by atoms with Crippen molar-refractivity contribution < 1.29 is 4.42 Å². The van der Waals surface area contributed by atoms with E-state index in [1.807, 2.05) is 19.1 Å². The molecule has 0 saturated carbocycles. The SMILES string of the molecule is Cc1cc(N)nc(SCc2nnc(Cc3ccccc3C)o2)n1. The minimum atomic E-state index is 0.464. The van der Waals surface area contributed by atoms with Crippen LogP contribution in [0.25, 0.3) is 0 Å². The van der Waals surface area contributed by atoms with Gasteiger partial charge in [-0.05, 0) is 25.0 Å². The molecule has 118 valence electrons. The Bertz CT molecular complexity index is 797. The number of aromatic nitrogens is 4. The average molecular weight is 327 g/mol. The molecule has 7 heteroatoms. The van der Waals surface area contributed by atoms with E-state index in [0.29, 0.717) is 34.9 Å². The summed E-state index contributed by atoms with van der Waals surface area (Å²) in [5.74, 6) is 2.15. The Morgan fingerprint density at radius 1 is 1.09 bits per heavy atom. The number of anilines is 1. The zero-order chi connectivity index (χ0) is 16.2. The first kappa shape index (κ1) is 15.5. The summed E-state index contributed by atoms with van der Waals surface area (Å²) in [4.78, 5) is 8.49.